The number of carbonyl (C=O) groups excluding carboxylic acids is 1. The first-order valence-electron chi connectivity index (χ1n) is 9.63. The Morgan fingerprint density at radius 1 is 1.28 bits per heavy atom. The first-order chi connectivity index (χ1) is 13.7. The highest BCUT2D eigenvalue weighted by Crippen LogP contribution is 2.49. The molecular weight excluding hydrogens is 378 g/mol. The molecule has 7 nitrogen and oxygen atoms in total. The molecule has 2 aliphatic rings. The molecule has 0 aliphatic carbocycles. The van der Waals surface area contributed by atoms with Gasteiger partial charge in [0, 0.05) is 49.8 Å². The molecule has 1 spiro atoms. The molecule has 1 fully saturated rings. The van der Waals surface area contributed by atoms with E-state index in [4.69, 9.17) is 0 Å². The van der Waals surface area contributed by atoms with Crippen LogP contribution in [0.2, 0.25) is 0 Å². The number of alkyl halides is 2. The number of pyridine rings is 1. The lowest BCUT2D eigenvalue weighted by atomic mass is 9.75. The summed E-state index contributed by atoms with van der Waals surface area (Å²) in [5.74, 6) is -2.98. The third-order valence-electron chi connectivity index (χ3n) is 5.76. The van der Waals surface area contributed by atoms with E-state index >= 15 is 0 Å². The van der Waals surface area contributed by atoms with E-state index in [1.54, 1.807) is 12.1 Å². The minimum absolute atomic E-state index is 0.122. The standard InChI is InChI=1S/C20H24F2N6O/c1-13(29)25-16-10-15-14(11-24-16)20(5-8-27(3)9-6-20)12-28(15)17-4-7-23-18(26-17)19(2,21)22/h4,7,10-11H,5-6,8-9,12H2,1-3H3,(H,24,25,29). The Labute approximate surface area is 168 Å². The zero-order chi connectivity index (χ0) is 20.8. The summed E-state index contributed by atoms with van der Waals surface area (Å²) in [6.45, 7) is 4.74. The number of halogens is 2. The third-order valence-corrected chi connectivity index (χ3v) is 5.76. The molecule has 1 saturated heterocycles. The van der Waals surface area contributed by atoms with Gasteiger partial charge in [-0.05, 0) is 39.0 Å². The predicted molar refractivity (Wildman–Crippen MR) is 106 cm³/mol. The van der Waals surface area contributed by atoms with Crippen molar-refractivity contribution in [1.82, 2.24) is 19.9 Å². The third kappa shape index (κ3) is 3.66. The lowest BCUT2D eigenvalue weighted by Crippen LogP contribution is -2.43. The van der Waals surface area contributed by atoms with E-state index in [2.05, 4.69) is 32.2 Å². The molecule has 0 saturated carbocycles. The molecule has 154 valence electrons. The number of hydrogen-bond donors (Lipinski definition) is 1. The molecule has 0 atom stereocenters. The van der Waals surface area contributed by atoms with E-state index in [9.17, 15) is 13.6 Å². The molecular formula is C20H24F2N6O. The van der Waals surface area contributed by atoms with Crippen molar-refractivity contribution >= 4 is 23.2 Å². The molecule has 1 amide bonds. The van der Waals surface area contributed by atoms with Gasteiger partial charge in [-0.2, -0.15) is 8.78 Å². The summed E-state index contributed by atoms with van der Waals surface area (Å²) < 4.78 is 27.6. The highest BCUT2D eigenvalue weighted by Gasteiger charge is 2.45. The zero-order valence-corrected chi connectivity index (χ0v) is 16.7. The van der Waals surface area contributed by atoms with Gasteiger partial charge in [0.15, 0.2) is 0 Å². The van der Waals surface area contributed by atoms with Gasteiger partial charge in [0.05, 0.1) is 5.69 Å². The lowest BCUT2D eigenvalue weighted by Gasteiger charge is -2.38. The van der Waals surface area contributed by atoms with Crippen LogP contribution in [0.4, 0.5) is 26.1 Å². The van der Waals surface area contributed by atoms with E-state index in [0.29, 0.717) is 18.2 Å². The van der Waals surface area contributed by atoms with Crippen LogP contribution in [0.1, 0.15) is 38.1 Å². The van der Waals surface area contributed by atoms with Crippen LogP contribution in [0.3, 0.4) is 0 Å². The minimum Gasteiger partial charge on any atom is -0.325 e. The molecule has 2 aliphatic heterocycles. The number of amides is 1. The van der Waals surface area contributed by atoms with Crippen molar-refractivity contribution in [2.45, 2.75) is 38.0 Å². The number of nitrogens with zero attached hydrogens (tertiary/aromatic N) is 5. The number of aromatic nitrogens is 3. The SMILES string of the molecule is CC(=O)Nc1cc2c(cn1)C1(CCN(C)CC1)CN2c1ccnc(C(C)(F)F)n1. The fourth-order valence-electron chi connectivity index (χ4n) is 4.19. The summed E-state index contributed by atoms with van der Waals surface area (Å²) >= 11 is 0. The Hall–Kier alpha value is -2.68. The van der Waals surface area contributed by atoms with Crippen molar-refractivity contribution in [3.05, 3.63) is 35.9 Å². The number of anilines is 3. The summed E-state index contributed by atoms with van der Waals surface area (Å²) in [5.41, 5.74) is 1.80. The smallest absolute Gasteiger partial charge is 0.303 e. The van der Waals surface area contributed by atoms with E-state index in [-0.39, 0.29) is 11.3 Å². The van der Waals surface area contributed by atoms with Crippen molar-refractivity contribution in [3.63, 3.8) is 0 Å². The van der Waals surface area contributed by atoms with Crippen LogP contribution in [0.25, 0.3) is 0 Å². The van der Waals surface area contributed by atoms with Gasteiger partial charge in [-0.15, -0.1) is 0 Å². The van der Waals surface area contributed by atoms with Gasteiger partial charge in [-0.1, -0.05) is 0 Å². The molecule has 4 heterocycles. The van der Waals surface area contributed by atoms with Gasteiger partial charge in [-0.3, -0.25) is 4.79 Å². The Balaban J connectivity index is 1.79. The molecule has 4 rings (SSSR count). The molecule has 0 aromatic carbocycles. The van der Waals surface area contributed by atoms with Crippen LogP contribution < -0.4 is 10.2 Å². The molecule has 9 heteroatoms. The normalized spacial score (nSPS) is 18.7. The summed E-state index contributed by atoms with van der Waals surface area (Å²) in [6, 6.07) is 3.45. The van der Waals surface area contributed by atoms with Crippen LogP contribution in [0, 0.1) is 0 Å². The maximum atomic E-state index is 13.8. The van der Waals surface area contributed by atoms with Crippen LogP contribution in [0.5, 0.6) is 0 Å². The summed E-state index contributed by atoms with van der Waals surface area (Å²) in [7, 11) is 2.10. The average molecular weight is 402 g/mol. The van der Waals surface area contributed by atoms with E-state index in [1.807, 2.05) is 11.1 Å². The van der Waals surface area contributed by atoms with Crippen LogP contribution in [-0.4, -0.2) is 52.4 Å². The van der Waals surface area contributed by atoms with E-state index in [1.165, 1.54) is 13.1 Å². The van der Waals surface area contributed by atoms with Gasteiger partial charge >= 0.3 is 5.92 Å². The number of hydrogen-bond acceptors (Lipinski definition) is 6. The topological polar surface area (TPSA) is 74.2 Å². The summed E-state index contributed by atoms with van der Waals surface area (Å²) in [6.07, 6.45) is 5.05. The second kappa shape index (κ2) is 6.98. The van der Waals surface area contributed by atoms with Crippen molar-refractivity contribution in [3.8, 4) is 0 Å². The molecule has 2 aromatic rings. The number of likely N-dealkylation sites (tertiary alicyclic amines) is 1. The highest BCUT2D eigenvalue weighted by molar-refractivity contribution is 5.88. The Morgan fingerprint density at radius 2 is 2.00 bits per heavy atom. The molecule has 29 heavy (non-hydrogen) atoms. The fraction of sp³-hybridized carbons (Fsp3) is 0.500. The molecule has 0 radical (unpaired) electrons. The van der Waals surface area contributed by atoms with Crippen molar-refractivity contribution in [1.29, 1.82) is 0 Å². The lowest BCUT2D eigenvalue weighted by molar-refractivity contribution is -0.114. The first kappa shape index (κ1) is 19.6. The van der Waals surface area contributed by atoms with Crippen molar-refractivity contribution < 1.29 is 13.6 Å². The molecule has 0 unspecified atom stereocenters. The highest BCUT2D eigenvalue weighted by atomic mass is 19.3. The van der Waals surface area contributed by atoms with Crippen molar-refractivity contribution in [2.24, 2.45) is 0 Å². The van der Waals surface area contributed by atoms with Gasteiger partial charge in [0.2, 0.25) is 11.7 Å². The second-order valence-corrected chi connectivity index (χ2v) is 8.06. The Morgan fingerprint density at radius 3 is 2.66 bits per heavy atom. The first-order valence-corrected chi connectivity index (χ1v) is 9.63. The van der Waals surface area contributed by atoms with Crippen molar-refractivity contribution in [2.75, 3.05) is 36.9 Å². The number of carbonyl (C=O) groups is 1. The Bertz CT molecular complexity index is 937. The maximum Gasteiger partial charge on any atom is 0.303 e. The molecule has 2 aromatic heterocycles. The number of fused-ring (bicyclic) bond motifs is 2. The summed E-state index contributed by atoms with van der Waals surface area (Å²) in [5, 5.41) is 2.70. The fourth-order valence-corrected chi connectivity index (χ4v) is 4.19. The maximum absolute atomic E-state index is 13.8. The predicted octanol–water partition coefficient (Wildman–Crippen LogP) is 3.06. The van der Waals surface area contributed by atoms with Crippen LogP contribution in [-0.2, 0) is 16.1 Å². The Kier molecular flexibility index (Phi) is 4.72. The quantitative estimate of drug-likeness (QED) is 0.851. The largest absolute Gasteiger partial charge is 0.325 e. The number of rotatable bonds is 3. The van der Waals surface area contributed by atoms with Gasteiger partial charge in [0.25, 0.3) is 0 Å². The van der Waals surface area contributed by atoms with Gasteiger partial charge in [-0.25, -0.2) is 15.0 Å². The minimum atomic E-state index is -3.12. The number of piperidine rings is 1. The van der Waals surface area contributed by atoms with Crippen LogP contribution >= 0.6 is 0 Å². The average Bonchev–Trinajstić information content (AvgIpc) is 2.97. The van der Waals surface area contributed by atoms with Gasteiger partial charge < -0.3 is 15.1 Å². The van der Waals surface area contributed by atoms with E-state index in [0.717, 1.165) is 44.1 Å². The molecule has 0 bridgehead atoms. The second-order valence-electron chi connectivity index (χ2n) is 8.06. The number of nitrogens with one attached hydrogen (secondary N) is 1. The summed E-state index contributed by atoms with van der Waals surface area (Å²) in [4.78, 5) is 28.0. The zero-order valence-electron chi connectivity index (χ0n) is 16.7. The monoisotopic (exact) mass is 402 g/mol. The van der Waals surface area contributed by atoms with Gasteiger partial charge in [0.1, 0.15) is 11.6 Å². The molecule has 1 N–H and O–H groups in total. The van der Waals surface area contributed by atoms with Crippen LogP contribution in [0.15, 0.2) is 24.5 Å². The van der Waals surface area contributed by atoms with E-state index < -0.39 is 11.7 Å².